The molecule has 3 rings (SSSR count). The van der Waals surface area contributed by atoms with Gasteiger partial charge in [0.1, 0.15) is 0 Å². The number of hydrogen-bond donors (Lipinski definition) is 0. The Bertz CT molecular complexity index is 589. The molecule has 0 bridgehead atoms. The molecule has 1 heteroatoms. The van der Waals surface area contributed by atoms with Crippen molar-refractivity contribution in [1.29, 1.82) is 0 Å². The zero-order valence-electron chi connectivity index (χ0n) is 11.9. The van der Waals surface area contributed by atoms with Crippen LogP contribution < -0.4 is 0 Å². The Morgan fingerprint density at radius 3 is 1.95 bits per heavy atom. The van der Waals surface area contributed by atoms with Crippen LogP contribution in [0.1, 0.15) is 42.1 Å². The maximum Gasteiger partial charge on any atom is 0.159 e. The second-order valence-electron chi connectivity index (χ2n) is 5.83. The minimum absolute atomic E-state index is 0.118. The molecule has 0 amide bonds. The van der Waals surface area contributed by atoms with Gasteiger partial charge in [0.25, 0.3) is 0 Å². The van der Waals surface area contributed by atoms with Crippen LogP contribution in [0.3, 0.4) is 0 Å². The molecular weight excluding hydrogens is 244 g/mol. The zero-order valence-corrected chi connectivity index (χ0v) is 11.9. The monoisotopic (exact) mass is 264 g/mol. The Kier molecular flexibility index (Phi) is 3.68. The molecule has 1 aliphatic rings. The van der Waals surface area contributed by atoms with Gasteiger partial charge in [0.05, 0.1) is 0 Å². The SMILES string of the molecule is CC(=O)c1ccc(-c2ccc(CC3CCC3)cc2)cc1. The molecule has 0 atom stereocenters. The van der Waals surface area contributed by atoms with Gasteiger partial charge in [-0.25, -0.2) is 0 Å². The molecule has 1 nitrogen and oxygen atoms in total. The summed E-state index contributed by atoms with van der Waals surface area (Å²) in [5, 5.41) is 0. The van der Waals surface area contributed by atoms with Crippen molar-refractivity contribution in [2.75, 3.05) is 0 Å². The number of carbonyl (C=O) groups excluding carboxylic acids is 1. The minimum Gasteiger partial charge on any atom is -0.295 e. The van der Waals surface area contributed by atoms with Crippen molar-refractivity contribution in [1.82, 2.24) is 0 Å². The molecule has 2 aromatic carbocycles. The van der Waals surface area contributed by atoms with Gasteiger partial charge in [0, 0.05) is 5.56 Å². The van der Waals surface area contributed by atoms with E-state index in [-0.39, 0.29) is 5.78 Å². The molecule has 0 heterocycles. The van der Waals surface area contributed by atoms with Crippen LogP contribution in [0.5, 0.6) is 0 Å². The highest BCUT2D eigenvalue weighted by Crippen LogP contribution is 2.30. The Morgan fingerprint density at radius 1 is 0.950 bits per heavy atom. The molecule has 20 heavy (non-hydrogen) atoms. The van der Waals surface area contributed by atoms with Crippen LogP contribution in [-0.4, -0.2) is 5.78 Å². The van der Waals surface area contributed by atoms with E-state index in [0.717, 1.165) is 11.5 Å². The lowest BCUT2D eigenvalue weighted by Crippen LogP contribution is -2.13. The highest BCUT2D eigenvalue weighted by molar-refractivity contribution is 5.94. The first-order chi connectivity index (χ1) is 9.72. The summed E-state index contributed by atoms with van der Waals surface area (Å²) in [5.41, 5.74) is 4.61. The summed E-state index contributed by atoms with van der Waals surface area (Å²) in [6.45, 7) is 1.60. The smallest absolute Gasteiger partial charge is 0.159 e. The van der Waals surface area contributed by atoms with Gasteiger partial charge in [-0.05, 0) is 36.0 Å². The van der Waals surface area contributed by atoms with Crippen LogP contribution in [0.2, 0.25) is 0 Å². The van der Waals surface area contributed by atoms with Crippen LogP contribution in [0.25, 0.3) is 11.1 Å². The van der Waals surface area contributed by atoms with E-state index in [0.29, 0.717) is 0 Å². The molecule has 0 saturated heterocycles. The summed E-state index contributed by atoms with van der Waals surface area (Å²) >= 11 is 0. The third kappa shape index (κ3) is 2.82. The van der Waals surface area contributed by atoms with Crippen molar-refractivity contribution in [2.45, 2.75) is 32.6 Å². The average molecular weight is 264 g/mol. The highest BCUT2D eigenvalue weighted by atomic mass is 16.1. The number of carbonyl (C=O) groups is 1. The number of hydrogen-bond acceptors (Lipinski definition) is 1. The van der Waals surface area contributed by atoms with Crippen molar-refractivity contribution < 1.29 is 4.79 Å². The molecule has 2 aromatic rings. The van der Waals surface area contributed by atoms with Crippen LogP contribution in [-0.2, 0) is 6.42 Å². The molecule has 0 spiro atoms. The van der Waals surface area contributed by atoms with Gasteiger partial charge in [-0.15, -0.1) is 0 Å². The molecule has 0 unspecified atom stereocenters. The van der Waals surface area contributed by atoms with E-state index in [1.807, 2.05) is 24.3 Å². The molecule has 102 valence electrons. The van der Waals surface area contributed by atoms with Crippen LogP contribution in [0, 0.1) is 5.92 Å². The second kappa shape index (κ2) is 5.62. The molecular formula is C19H20O. The standard InChI is InChI=1S/C19H20O/c1-14(20)17-9-11-19(12-10-17)18-7-5-16(6-8-18)13-15-3-2-4-15/h5-12,15H,2-4,13H2,1H3. The van der Waals surface area contributed by atoms with Crippen molar-refractivity contribution in [3.8, 4) is 11.1 Å². The van der Waals surface area contributed by atoms with Gasteiger partial charge >= 0.3 is 0 Å². The van der Waals surface area contributed by atoms with E-state index in [9.17, 15) is 4.79 Å². The van der Waals surface area contributed by atoms with Crippen molar-refractivity contribution in [3.05, 3.63) is 59.7 Å². The normalized spacial score (nSPS) is 14.8. The predicted octanol–water partition coefficient (Wildman–Crippen LogP) is 4.90. The Morgan fingerprint density at radius 2 is 1.50 bits per heavy atom. The Balaban J connectivity index is 1.74. The van der Waals surface area contributed by atoms with E-state index in [4.69, 9.17) is 0 Å². The van der Waals surface area contributed by atoms with Gasteiger partial charge < -0.3 is 0 Å². The number of ketones is 1. The fraction of sp³-hybridized carbons (Fsp3) is 0.316. The summed E-state index contributed by atoms with van der Waals surface area (Å²) in [6, 6.07) is 16.7. The molecule has 1 aliphatic carbocycles. The fourth-order valence-corrected chi connectivity index (χ4v) is 2.76. The summed E-state index contributed by atoms with van der Waals surface area (Å²) < 4.78 is 0. The molecule has 0 N–H and O–H groups in total. The summed E-state index contributed by atoms with van der Waals surface area (Å²) in [4.78, 5) is 11.3. The van der Waals surface area contributed by atoms with Crippen molar-refractivity contribution in [3.63, 3.8) is 0 Å². The lowest BCUT2D eigenvalue weighted by molar-refractivity contribution is 0.101. The first-order valence-electron chi connectivity index (χ1n) is 7.43. The van der Waals surface area contributed by atoms with E-state index < -0.39 is 0 Å². The number of benzene rings is 2. The van der Waals surface area contributed by atoms with Crippen molar-refractivity contribution in [2.24, 2.45) is 5.92 Å². The summed E-state index contributed by atoms with van der Waals surface area (Å²) in [7, 11) is 0. The van der Waals surface area contributed by atoms with Gasteiger partial charge in [-0.3, -0.25) is 4.79 Å². The van der Waals surface area contributed by atoms with Gasteiger partial charge in [0.15, 0.2) is 5.78 Å². The predicted molar refractivity (Wildman–Crippen MR) is 82.9 cm³/mol. The quantitative estimate of drug-likeness (QED) is 0.718. The molecule has 1 fully saturated rings. The van der Waals surface area contributed by atoms with E-state index in [1.165, 1.54) is 42.4 Å². The molecule has 1 saturated carbocycles. The first kappa shape index (κ1) is 13.1. The molecule has 0 radical (unpaired) electrons. The Labute approximate surface area is 120 Å². The van der Waals surface area contributed by atoms with Crippen molar-refractivity contribution >= 4 is 5.78 Å². The fourth-order valence-electron chi connectivity index (χ4n) is 2.76. The summed E-state index contributed by atoms with van der Waals surface area (Å²) in [6.07, 6.45) is 5.43. The Hall–Kier alpha value is -1.89. The topological polar surface area (TPSA) is 17.1 Å². The third-order valence-electron chi connectivity index (χ3n) is 4.33. The maximum absolute atomic E-state index is 11.3. The van der Waals surface area contributed by atoms with Gasteiger partial charge in [-0.1, -0.05) is 67.8 Å². The van der Waals surface area contributed by atoms with Crippen LogP contribution >= 0.6 is 0 Å². The highest BCUT2D eigenvalue weighted by Gasteiger charge is 2.17. The lowest BCUT2D eigenvalue weighted by Gasteiger charge is -2.25. The van der Waals surface area contributed by atoms with E-state index >= 15 is 0 Å². The summed E-state index contributed by atoms with van der Waals surface area (Å²) in [5.74, 6) is 1.03. The maximum atomic E-state index is 11.3. The molecule has 0 aliphatic heterocycles. The zero-order chi connectivity index (χ0) is 13.9. The van der Waals surface area contributed by atoms with Gasteiger partial charge in [0.2, 0.25) is 0 Å². The lowest BCUT2D eigenvalue weighted by atomic mass is 9.81. The molecule has 0 aromatic heterocycles. The number of Topliss-reactive ketones (excluding diaryl/α,β-unsaturated/α-hetero) is 1. The third-order valence-corrected chi connectivity index (χ3v) is 4.33. The average Bonchev–Trinajstić information content (AvgIpc) is 2.44. The van der Waals surface area contributed by atoms with Crippen LogP contribution in [0.4, 0.5) is 0 Å². The van der Waals surface area contributed by atoms with Crippen LogP contribution in [0.15, 0.2) is 48.5 Å². The second-order valence-corrected chi connectivity index (χ2v) is 5.83. The number of rotatable bonds is 4. The largest absolute Gasteiger partial charge is 0.295 e. The van der Waals surface area contributed by atoms with E-state index in [2.05, 4.69) is 24.3 Å². The van der Waals surface area contributed by atoms with E-state index in [1.54, 1.807) is 6.92 Å². The van der Waals surface area contributed by atoms with Gasteiger partial charge in [-0.2, -0.15) is 0 Å². The minimum atomic E-state index is 0.118. The first-order valence-corrected chi connectivity index (χ1v) is 7.43.